The fraction of sp³-hybridized carbons (Fsp3) is 0.684. The van der Waals surface area contributed by atoms with Gasteiger partial charge >= 0.3 is 0 Å². The molecule has 1 saturated carbocycles. The van der Waals surface area contributed by atoms with Crippen molar-refractivity contribution in [2.45, 2.75) is 64.3 Å². The highest BCUT2D eigenvalue weighted by Crippen LogP contribution is 2.42. The maximum Gasteiger partial charge on any atom is 0.123 e. The number of rotatable bonds is 5. The molecule has 1 aliphatic carbocycles. The topological polar surface area (TPSA) is 21.3 Å². The van der Waals surface area contributed by atoms with Crippen LogP contribution in [0.5, 0.6) is 5.75 Å². The summed E-state index contributed by atoms with van der Waals surface area (Å²) in [6, 6.07) is 7.41. The van der Waals surface area contributed by atoms with E-state index in [1.54, 1.807) is 0 Å². The van der Waals surface area contributed by atoms with Crippen molar-refractivity contribution in [2.75, 3.05) is 13.2 Å². The molecular formula is C19H29NO. The Kier molecular flexibility index (Phi) is 4.26. The molecule has 1 aromatic carbocycles. The van der Waals surface area contributed by atoms with E-state index in [1.165, 1.54) is 43.2 Å². The Morgan fingerprint density at radius 1 is 1.29 bits per heavy atom. The summed E-state index contributed by atoms with van der Waals surface area (Å²) in [5, 5.41) is 3.81. The van der Waals surface area contributed by atoms with Crippen LogP contribution in [-0.4, -0.2) is 13.2 Å². The second-order valence-electron chi connectivity index (χ2n) is 7.40. The van der Waals surface area contributed by atoms with Crippen LogP contribution in [0.2, 0.25) is 0 Å². The van der Waals surface area contributed by atoms with Gasteiger partial charge in [-0.1, -0.05) is 39.7 Å². The second-order valence-corrected chi connectivity index (χ2v) is 7.40. The molecule has 1 aliphatic heterocycles. The fourth-order valence-corrected chi connectivity index (χ4v) is 3.88. The van der Waals surface area contributed by atoms with Crippen molar-refractivity contribution in [1.29, 1.82) is 0 Å². The van der Waals surface area contributed by atoms with Crippen molar-refractivity contribution in [3.8, 4) is 5.75 Å². The minimum absolute atomic E-state index is 0.149. The van der Waals surface area contributed by atoms with E-state index >= 15 is 0 Å². The van der Waals surface area contributed by atoms with Crippen LogP contribution < -0.4 is 10.1 Å². The molecule has 1 N–H and O–H groups in total. The number of benzene rings is 1. The Bertz CT molecular complexity index is 488. The van der Waals surface area contributed by atoms with Gasteiger partial charge in [0.15, 0.2) is 0 Å². The van der Waals surface area contributed by atoms with Gasteiger partial charge in [-0.3, -0.25) is 0 Å². The number of fused-ring (bicyclic) bond motifs is 1. The quantitative estimate of drug-likeness (QED) is 0.855. The molecule has 2 heteroatoms. The zero-order valence-electron chi connectivity index (χ0n) is 13.7. The Hall–Kier alpha value is -1.02. The van der Waals surface area contributed by atoms with Crippen molar-refractivity contribution < 1.29 is 4.74 Å². The van der Waals surface area contributed by atoms with Gasteiger partial charge in [-0.15, -0.1) is 0 Å². The molecule has 0 spiro atoms. The first kappa shape index (κ1) is 14.9. The van der Waals surface area contributed by atoms with Crippen molar-refractivity contribution in [1.82, 2.24) is 5.32 Å². The molecule has 3 rings (SSSR count). The molecule has 0 saturated heterocycles. The van der Waals surface area contributed by atoms with E-state index in [-0.39, 0.29) is 5.41 Å². The summed E-state index contributed by atoms with van der Waals surface area (Å²) < 4.78 is 5.83. The smallest absolute Gasteiger partial charge is 0.123 e. The summed E-state index contributed by atoms with van der Waals surface area (Å²) >= 11 is 0. The molecule has 1 heterocycles. The first-order chi connectivity index (χ1) is 10.1. The summed E-state index contributed by atoms with van der Waals surface area (Å²) in [4.78, 5) is 0. The van der Waals surface area contributed by atoms with Crippen LogP contribution in [-0.2, 0) is 5.41 Å². The summed E-state index contributed by atoms with van der Waals surface area (Å²) in [6.07, 6.45) is 6.74. The first-order valence-corrected chi connectivity index (χ1v) is 8.62. The van der Waals surface area contributed by atoms with E-state index in [1.807, 2.05) is 0 Å². The van der Waals surface area contributed by atoms with E-state index in [9.17, 15) is 0 Å². The van der Waals surface area contributed by atoms with Crippen LogP contribution in [0.15, 0.2) is 18.2 Å². The summed E-state index contributed by atoms with van der Waals surface area (Å²) in [5.41, 5.74) is 3.00. The first-order valence-electron chi connectivity index (χ1n) is 8.62. The molecule has 1 aromatic rings. The predicted molar refractivity (Wildman–Crippen MR) is 88.0 cm³/mol. The number of nitrogens with one attached hydrogen (secondary N) is 1. The molecule has 0 aromatic heterocycles. The lowest BCUT2D eigenvalue weighted by molar-refractivity contribution is 0.291. The number of ether oxygens (including phenoxy) is 1. The minimum Gasteiger partial charge on any atom is -0.492 e. The van der Waals surface area contributed by atoms with Crippen LogP contribution in [0.1, 0.15) is 70.0 Å². The van der Waals surface area contributed by atoms with Gasteiger partial charge in [0.05, 0.1) is 6.61 Å². The number of hydrogen-bond donors (Lipinski definition) is 1. The summed E-state index contributed by atoms with van der Waals surface area (Å²) in [7, 11) is 0. The van der Waals surface area contributed by atoms with E-state index in [0.717, 1.165) is 24.8 Å². The van der Waals surface area contributed by atoms with Crippen LogP contribution in [0.4, 0.5) is 0 Å². The third kappa shape index (κ3) is 2.96. The van der Waals surface area contributed by atoms with Gasteiger partial charge < -0.3 is 10.1 Å². The molecule has 0 amide bonds. The molecule has 1 unspecified atom stereocenters. The van der Waals surface area contributed by atoms with E-state index in [4.69, 9.17) is 4.74 Å². The summed E-state index contributed by atoms with van der Waals surface area (Å²) in [5.74, 6) is 1.89. The Morgan fingerprint density at radius 3 is 2.76 bits per heavy atom. The highest BCUT2D eigenvalue weighted by atomic mass is 16.5. The molecule has 0 radical (unpaired) electrons. The van der Waals surface area contributed by atoms with Crippen molar-refractivity contribution in [3.63, 3.8) is 0 Å². The van der Waals surface area contributed by atoms with E-state index < -0.39 is 0 Å². The monoisotopic (exact) mass is 287 g/mol. The van der Waals surface area contributed by atoms with E-state index in [0.29, 0.717) is 6.04 Å². The highest BCUT2D eigenvalue weighted by molar-refractivity contribution is 5.46. The standard InChI is InChI=1S/C19H29NO/c1-4-11-20-18(14-7-5-6-8-14)15-9-10-17-16(12-15)19(2,3)13-21-17/h9-10,12,14,18,20H,4-8,11,13H2,1-3H3. The van der Waals surface area contributed by atoms with Crippen molar-refractivity contribution >= 4 is 0 Å². The highest BCUT2D eigenvalue weighted by Gasteiger charge is 2.33. The van der Waals surface area contributed by atoms with Gasteiger partial charge in [0.25, 0.3) is 0 Å². The Labute approximate surface area is 129 Å². The lowest BCUT2D eigenvalue weighted by Crippen LogP contribution is -2.28. The molecular weight excluding hydrogens is 258 g/mol. The van der Waals surface area contributed by atoms with Crippen LogP contribution in [0, 0.1) is 5.92 Å². The predicted octanol–water partition coefficient (Wildman–Crippen LogP) is 4.59. The van der Waals surface area contributed by atoms with Gasteiger partial charge in [0.1, 0.15) is 5.75 Å². The lowest BCUT2D eigenvalue weighted by Gasteiger charge is -2.26. The molecule has 2 aliphatic rings. The molecule has 116 valence electrons. The van der Waals surface area contributed by atoms with Gasteiger partial charge in [-0.05, 0) is 49.4 Å². The largest absolute Gasteiger partial charge is 0.492 e. The second kappa shape index (κ2) is 6.00. The van der Waals surface area contributed by atoms with Gasteiger partial charge in [-0.2, -0.15) is 0 Å². The normalized spacial score (nSPS) is 22.0. The zero-order valence-corrected chi connectivity index (χ0v) is 13.7. The minimum atomic E-state index is 0.149. The molecule has 2 nitrogen and oxygen atoms in total. The third-order valence-corrected chi connectivity index (χ3v) is 5.17. The van der Waals surface area contributed by atoms with Gasteiger partial charge in [0.2, 0.25) is 0 Å². The molecule has 1 atom stereocenters. The van der Waals surface area contributed by atoms with Crippen LogP contribution >= 0.6 is 0 Å². The maximum atomic E-state index is 5.83. The third-order valence-electron chi connectivity index (χ3n) is 5.17. The number of hydrogen-bond acceptors (Lipinski definition) is 2. The average Bonchev–Trinajstić information content (AvgIpc) is 3.09. The average molecular weight is 287 g/mol. The van der Waals surface area contributed by atoms with Crippen LogP contribution in [0.25, 0.3) is 0 Å². The fourth-order valence-electron chi connectivity index (χ4n) is 3.88. The van der Waals surface area contributed by atoms with Crippen LogP contribution in [0.3, 0.4) is 0 Å². The Morgan fingerprint density at radius 2 is 2.05 bits per heavy atom. The lowest BCUT2D eigenvalue weighted by atomic mass is 9.83. The SMILES string of the molecule is CCCNC(c1ccc2c(c1)C(C)(C)CO2)C1CCCC1. The van der Waals surface area contributed by atoms with Crippen molar-refractivity contribution in [2.24, 2.45) is 5.92 Å². The summed E-state index contributed by atoms with van der Waals surface area (Å²) in [6.45, 7) is 8.73. The van der Waals surface area contributed by atoms with Gasteiger partial charge in [0, 0.05) is 17.0 Å². The molecule has 1 fully saturated rings. The zero-order chi connectivity index (χ0) is 14.9. The van der Waals surface area contributed by atoms with E-state index in [2.05, 4.69) is 44.3 Å². The molecule has 21 heavy (non-hydrogen) atoms. The Balaban J connectivity index is 1.88. The molecule has 0 bridgehead atoms. The maximum absolute atomic E-state index is 5.83. The van der Waals surface area contributed by atoms with Gasteiger partial charge in [-0.25, -0.2) is 0 Å². The van der Waals surface area contributed by atoms with Crippen molar-refractivity contribution in [3.05, 3.63) is 29.3 Å².